The van der Waals surface area contributed by atoms with Crippen molar-refractivity contribution < 1.29 is 22.7 Å². The number of rotatable bonds is 8. The highest BCUT2D eigenvalue weighted by molar-refractivity contribution is 7.89. The van der Waals surface area contributed by atoms with Crippen molar-refractivity contribution in [1.82, 2.24) is 4.72 Å². The van der Waals surface area contributed by atoms with E-state index in [0.29, 0.717) is 11.3 Å². The van der Waals surface area contributed by atoms with Crippen molar-refractivity contribution in [1.29, 1.82) is 0 Å². The molecule has 0 aliphatic carbocycles. The number of esters is 1. The molecule has 7 nitrogen and oxygen atoms in total. The van der Waals surface area contributed by atoms with Crippen LogP contribution in [0.3, 0.4) is 0 Å². The molecule has 0 aromatic heterocycles. The Labute approximate surface area is 165 Å². The Morgan fingerprint density at radius 1 is 1.07 bits per heavy atom. The van der Waals surface area contributed by atoms with Crippen LogP contribution in [-0.2, 0) is 26.0 Å². The maximum atomic E-state index is 12.4. The number of hydrogen-bond acceptors (Lipinski definition) is 5. The molecule has 2 aromatic rings. The lowest BCUT2D eigenvalue weighted by atomic mass is 10.1. The fourth-order valence-electron chi connectivity index (χ4n) is 2.61. The summed E-state index contributed by atoms with van der Waals surface area (Å²) in [6.07, 6.45) is 0.752. The molecule has 0 bridgehead atoms. The largest absolute Gasteiger partial charge is 0.452 e. The third-order valence-electron chi connectivity index (χ3n) is 4.08. The zero-order chi connectivity index (χ0) is 20.7. The first-order chi connectivity index (χ1) is 13.3. The van der Waals surface area contributed by atoms with Crippen LogP contribution in [0.2, 0.25) is 0 Å². The molecular formula is C20H24N2O5S. The Morgan fingerprint density at radius 2 is 1.79 bits per heavy atom. The highest BCUT2D eigenvalue weighted by atomic mass is 32.2. The first kappa shape index (κ1) is 21.6. The van der Waals surface area contributed by atoms with Crippen molar-refractivity contribution in [3.63, 3.8) is 0 Å². The van der Waals surface area contributed by atoms with E-state index in [9.17, 15) is 18.0 Å². The summed E-state index contributed by atoms with van der Waals surface area (Å²) in [4.78, 5) is 24.4. The minimum Gasteiger partial charge on any atom is -0.452 e. The van der Waals surface area contributed by atoms with E-state index in [-0.39, 0.29) is 17.0 Å². The molecule has 0 aliphatic rings. The van der Waals surface area contributed by atoms with Gasteiger partial charge in [0.25, 0.3) is 5.91 Å². The van der Waals surface area contributed by atoms with Crippen molar-refractivity contribution in [2.75, 3.05) is 18.5 Å². The van der Waals surface area contributed by atoms with Crippen LogP contribution in [0, 0.1) is 6.92 Å². The normalized spacial score (nSPS) is 11.1. The summed E-state index contributed by atoms with van der Waals surface area (Å²) in [6.45, 7) is 5.06. The number of carbonyl (C=O) groups excluding carboxylic acids is 2. The van der Waals surface area contributed by atoms with Gasteiger partial charge in [-0.15, -0.1) is 0 Å². The van der Waals surface area contributed by atoms with Crippen LogP contribution in [0.5, 0.6) is 0 Å². The lowest BCUT2D eigenvalue weighted by Gasteiger charge is -2.11. The molecule has 0 radical (unpaired) electrons. The van der Waals surface area contributed by atoms with Crippen molar-refractivity contribution in [2.45, 2.75) is 32.1 Å². The Morgan fingerprint density at radius 3 is 2.46 bits per heavy atom. The van der Waals surface area contributed by atoms with E-state index >= 15 is 0 Å². The minimum absolute atomic E-state index is 0.0341. The Kier molecular flexibility index (Phi) is 7.31. The molecule has 8 heteroatoms. The van der Waals surface area contributed by atoms with Gasteiger partial charge in [0.05, 0.1) is 10.5 Å². The molecule has 0 spiro atoms. The summed E-state index contributed by atoms with van der Waals surface area (Å²) in [7, 11) is -3.70. The molecular weight excluding hydrogens is 380 g/mol. The number of carbonyl (C=O) groups is 2. The maximum Gasteiger partial charge on any atom is 0.338 e. The average molecular weight is 404 g/mol. The molecule has 28 heavy (non-hydrogen) atoms. The van der Waals surface area contributed by atoms with Crippen molar-refractivity contribution in [3.05, 3.63) is 59.2 Å². The highest BCUT2D eigenvalue weighted by Crippen LogP contribution is 2.17. The van der Waals surface area contributed by atoms with Crippen LogP contribution in [-0.4, -0.2) is 33.4 Å². The van der Waals surface area contributed by atoms with Gasteiger partial charge < -0.3 is 10.1 Å². The third kappa shape index (κ3) is 5.40. The Balaban J connectivity index is 2.07. The quantitative estimate of drug-likeness (QED) is 0.659. The molecule has 150 valence electrons. The van der Waals surface area contributed by atoms with Gasteiger partial charge in [-0.1, -0.05) is 38.1 Å². The number of benzene rings is 2. The Bertz CT molecular complexity index is 970. The molecule has 0 heterocycles. The van der Waals surface area contributed by atoms with E-state index in [0.717, 1.165) is 12.0 Å². The van der Waals surface area contributed by atoms with Gasteiger partial charge >= 0.3 is 5.97 Å². The monoisotopic (exact) mass is 404 g/mol. The number of aryl methyl sites for hydroxylation is 2. The molecule has 0 atom stereocenters. The molecule has 0 unspecified atom stereocenters. The number of sulfonamides is 1. The number of amides is 1. The summed E-state index contributed by atoms with van der Waals surface area (Å²) in [5, 5.41) is 2.71. The predicted molar refractivity (Wildman–Crippen MR) is 107 cm³/mol. The molecule has 2 rings (SSSR count). The number of nitrogens with one attached hydrogen (secondary N) is 2. The summed E-state index contributed by atoms with van der Waals surface area (Å²) < 4.78 is 31.7. The van der Waals surface area contributed by atoms with Gasteiger partial charge in [0, 0.05) is 12.2 Å². The molecule has 0 saturated heterocycles. The predicted octanol–water partition coefficient (Wildman–Crippen LogP) is 2.65. The van der Waals surface area contributed by atoms with Crippen LogP contribution in [0.1, 0.15) is 35.3 Å². The van der Waals surface area contributed by atoms with Crippen molar-refractivity contribution in [2.24, 2.45) is 0 Å². The highest BCUT2D eigenvalue weighted by Gasteiger charge is 2.19. The smallest absolute Gasteiger partial charge is 0.338 e. The van der Waals surface area contributed by atoms with Crippen molar-refractivity contribution >= 4 is 27.6 Å². The molecule has 2 aromatic carbocycles. The summed E-state index contributed by atoms with van der Waals surface area (Å²) in [5.74, 6) is -1.23. The standard InChI is InChI=1S/C20H24N2O5S/c1-4-15-8-6-7-9-18(15)22-19(23)13-27-20(24)17-12-16(11-10-14(17)3)28(25,26)21-5-2/h6-12,21H,4-5,13H2,1-3H3,(H,22,23). The van der Waals surface area contributed by atoms with E-state index < -0.39 is 28.5 Å². The topological polar surface area (TPSA) is 102 Å². The third-order valence-corrected chi connectivity index (χ3v) is 5.62. The number of para-hydroxylation sites is 1. The van der Waals surface area contributed by atoms with Gasteiger partial charge in [0.2, 0.25) is 10.0 Å². The van der Waals surface area contributed by atoms with Crippen LogP contribution in [0.25, 0.3) is 0 Å². The molecule has 0 fully saturated rings. The molecule has 1 amide bonds. The second kappa shape index (κ2) is 9.48. The number of ether oxygens (including phenoxy) is 1. The number of anilines is 1. The van der Waals surface area contributed by atoms with E-state index in [2.05, 4.69) is 10.0 Å². The molecule has 0 saturated carbocycles. The van der Waals surface area contributed by atoms with E-state index in [1.165, 1.54) is 18.2 Å². The van der Waals surface area contributed by atoms with Gasteiger partial charge in [-0.25, -0.2) is 17.9 Å². The van der Waals surface area contributed by atoms with E-state index in [4.69, 9.17) is 4.74 Å². The average Bonchev–Trinajstić information content (AvgIpc) is 2.66. The fourth-order valence-corrected chi connectivity index (χ4v) is 3.67. The zero-order valence-electron chi connectivity index (χ0n) is 16.1. The first-order valence-corrected chi connectivity index (χ1v) is 10.4. The lowest BCUT2D eigenvalue weighted by molar-refractivity contribution is -0.119. The second-order valence-corrected chi connectivity index (χ2v) is 7.88. The van der Waals surface area contributed by atoms with Gasteiger partial charge in [-0.2, -0.15) is 0 Å². The fraction of sp³-hybridized carbons (Fsp3) is 0.300. The van der Waals surface area contributed by atoms with Crippen LogP contribution < -0.4 is 10.0 Å². The number of hydrogen-bond donors (Lipinski definition) is 2. The van der Waals surface area contributed by atoms with Crippen molar-refractivity contribution in [3.8, 4) is 0 Å². The SMILES string of the molecule is CCNS(=O)(=O)c1ccc(C)c(C(=O)OCC(=O)Nc2ccccc2CC)c1. The summed E-state index contributed by atoms with van der Waals surface area (Å²) >= 11 is 0. The second-order valence-electron chi connectivity index (χ2n) is 6.11. The van der Waals surface area contributed by atoms with Crippen LogP contribution in [0.15, 0.2) is 47.4 Å². The summed E-state index contributed by atoms with van der Waals surface area (Å²) in [6, 6.07) is 11.6. The molecule has 0 aliphatic heterocycles. The van der Waals surface area contributed by atoms with E-state index in [1.54, 1.807) is 26.0 Å². The van der Waals surface area contributed by atoms with Gasteiger partial charge in [0.1, 0.15) is 0 Å². The summed E-state index contributed by atoms with van der Waals surface area (Å²) in [5.41, 5.74) is 2.29. The first-order valence-electron chi connectivity index (χ1n) is 8.93. The van der Waals surface area contributed by atoms with Gasteiger partial charge in [0.15, 0.2) is 6.61 Å². The van der Waals surface area contributed by atoms with Crippen LogP contribution in [0.4, 0.5) is 5.69 Å². The Hall–Kier alpha value is -2.71. The minimum atomic E-state index is -3.70. The molecule has 2 N–H and O–H groups in total. The zero-order valence-corrected chi connectivity index (χ0v) is 16.9. The maximum absolute atomic E-state index is 12.4. The van der Waals surface area contributed by atoms with E-state index in [1.807, 2.05) is 19.1 Å². The van der Waals surface area contributed by atoms with Gasteiger partial charge in [-0.05, 0) is 42.7 Å². The lowest BCUT2D eigenvalue weighted by Crippen LogP contribution is -2.24. The van der Waals surface area contributed by atoms with Crippen LogP contribution >= 0.6 is 0 Å². The van der Waals surface area contributed by atoms with Gasteiger partial charge in [-0.3, -0.25) is 4.79 Å².